The Bertz CT molecular complexity index is 1320. The van der Waals surface area contributed by atoms with Crippen LogP contribution in [-0.2, 0) is 10.0 Å². The van der Waals surface area contributed by atoms with Gasteiger partial charge in [0.1, 0.15) is 5.58 Å². The molecule has 0 spiro atoms. The molecule has 0 fully saturated rings. The van der Waals surface area contributed by atoms with Gasteiger partial charge in [-0.25, -0.2) is 8.42 Å². The van der Waals surface area contributed by atoms with Gasteiger partial charge in [0.25, 0.3) is 15.9 Å². The molecule has 0 aliphatic rings. The Kier molecular flexibility index (Phi) is 5.42. The second kappa shape index (κ2) is 8.02. The van der Waals surface area contributed by atoms with Crippen molar-refractivity contribution in [2.24, 2.45) is 0 Å². The maximum atomic E-state index is 12.6. The number of fused-ring (bicyclic) bond motifs is 1. The summed E-state index contributed by atoms with van der Waals surface area (Å²) in [6.45, 7) is 0. The Morgan fingerprint density at radius 2 is 1.63 bits per heavy atom. The maximum absolute atomic E-state index is 12.6. The number of carbonyl (C=O) groups excluding carboxylic acids is 1. The van der Waals surface area contributed by atoms with Crippen LogP contribution in [0.2, 0.25) is 10.0 Å². The van der Waals surface area contributed by atoms with Crippen LogP contribution in [0.5, 0.6) is 0 Å². The van der Waals surface area contributed by atoms with Gasteiger partial charge in [-0.15, -0.1) is 0 Å². The van der Waals surface area contributed by atoms with Crippen LogP contribution in [-0.4, -0.2) is 14.3 Å². The summed E-state index contributed by atoms with van der Waals surface area (Å²) in [6, 6.07) is 19.1. The van der Waals surface area contributed by atoms with Crippen molar-refractivity contribution in [2.45, 2.75) is 4.90 Å². The molecule has 0 saturated carbocycles. The van der Waals surface area contributed by atoms with E-state index in [1.54, 1.807) is 12.1 Å². The number of amides is 1. The molecule has 2 N–H and O–H groups in total. The summed E-state index contributed by atoms with van der Waals surface area (Å²) in [5.41, 5.74) is 1.24. The van der Waals surface area contributed by atoms with Crippen LogP contribution in [0.25, 0.3) is 11.0 Å². The van der Waals surface area contributed by atoms with E-state index in [9.17, 15) is 13.2 Å². The fourth-order valence-electron chi connectivity index (χ4n) is 2.78. The first-order valence-corrected chi connectivity index (χ1v) is 10.9. The highest BCUT2D eigenvalue weighted by molar-refractivity contribution is 7.92. The molecule has 0 radical (unpaired) electrons. The highest BCUT2D eigenvalue weighted by atomic mass is 35.5. The van der Waals surface area contributed by atoms with Crippen LogP contribution in [0.4, 0.5) is 11.4 Å². The standard InChI is InChI=1S/C21H14Cl2N2O4S/c22-14-5-10-18(17(23)12-14)25-30(27,28)16-8-6-15(7-9-16)24-21(26)20-11-13-3-1-2-4-19(13)29-20/h1-12,25H,(H,24,26). The molecule has 0 unspecified atom stereocenters. The number of sulfonamides is 1. The SMILES string of the molecule is O=C(Nc1ccc(S(=O)(=O)Nc2ccc(Cl)cc2Cl)cc1)c1cc2ccccc2o1. The Morgan fingerprint density at radius 1 is 0.900 bits per heavy atom. The zero-order valence-electron chi connectivity index (χ0n) is 15.2. The molecule has 1 heterocycles. The van der Waals surface area contributed by atoms with E-state index in [0.717, 1.165) is 5.39 Å². The average Bonchev–Trinajstić information content (AvgIpc) is 3.15. The molecule has 1 aromatic heterocycles. The first kappa shape index (κ1) is 20.3. The number of furan rings is 1. The number of para-hydroxylation sites is 1. The van der Waals surface area contributed by atoms with Gasteiger partial charge in [-0.1, -0.05) is 41.4 Å². The fourth-order valence-corrected chi connectivity index (χ4v) is 4.37. The van der Waals surface area contributed by atoms with Gasteiger partial charge >= 0.3 is 0 Å². The average molecular weight is 461 g/mol. The van der Waals surface area contributed by atoms with E-state index in [-0.39, 0.29) is 21.4 Å². The molecule has 0 atom stereocenters. The second-order valence-electron chi connectivity index (χ2n) is 6.36. The van der Waals surface area contributed by atoms with Crippen LogP contribution in [0.3, 0.4) is 0 Å². The number of anilines is 2. The third-order valence-corrected chi connectivity index (χ3v) is 6.18. The zero-order chi connectivity index (χ0) is 21.3. The van der Waals surface area contributed by atoms with E-state index in [4.69, 9.17) is 27.6 Å². The molecule has 30 heavy (non-hydrogen) atoms. The summed E-state index contributed by atoms with van der Waals surface area (Å²) in [7, 11) is -3.87. The van der Waals surface area contributed by atoms with Crippen molar-refractivity contribution in [1.82, 2.24) is 0 Å². The molecule has 152 valence electrons. The van der Waals surface area contributed by atoms with E-state index < -0.39 is 15.9 Å². The summed E-state index contributed by atoms with van der Waals surface area (Å²) in [4.78, 5) is 12.4. The van der Waals surface area contributed by atoms with Crippen molar-refractivity contribution in [3.63, 3.8) is 0 Å². The Hall–Kier alpha value is -3.00. The highest BCUT2D eigenvalue weighted by Crippen LogP contribution is 2.28. The zero-order valence-corrected chi connectivity index (χ0v) is 17.6. The van der Waals surface area contributed by atoms with Gasteiger partial charge in [-0.05, 0) is 54.6 Å². The fraction of sp³-hybridized carbons (Fsp3) is 0. The Balaban J connectivity index is 1.49. The number of halogens is 2. The number of carbonyl (C=O) groups is 1. The third-order valence-electron chi connectivity index (χ3n) is 4.25. The van der Waals surface area contributed by atoms with Crippen molar-refractivity contribution in [3.05, 3.63) is 88.6 Å². The van der Waals surface area contributed by atoms with Gasteiger partial charge < -0.3 is 9.73 Å². The summed E-state index contributed by atoms with van der Waals surface area (Å²) in [5.74, 6) is -0.278. The molecule has 0 aliphatic heterocycles. The van der Waals surface area contributed by atoms with Crippen LogP contribution >= 0.6 is 23.2 Å². The number of nitrogens with one attached hydrogen (secondary N) is 2. The monoisotopic (exact) mass is 460 g/mol. The number of rotatable bonds is 5. The largest absolute Gasteiger partial charge is 0.451 e. The maximum Gasteiger partial charge on any atom is 0.291 e. The van der Waals surface area contributed by atoms with Gasteiger partial charge in [0.15, 0.2) is 5.76 Å². The van der Waals surface area contributed by atoms with Crippen LogP contribution in [0.1, 0.15) is 10.6 Å². The van der Waals surface area contributed by atoms with E-state index >= 15 is 0 Å². The van der Waals surface area contributed by atoms with E-state index in [1.165, 1.54) is 42.5 Å². The van der Waals surface area contributed by atoms with E-state index in [1.807, 2.05) is 18.2 Å². The minimum Gasteiger partial charge on any atom is -0.451 e. The molecule has 6 nitrogen and oxygen atoms in total. The van der Waals surface area contributed by atoms with Crippen molar-refractivity contribution in [1.29, 1.82) is 0 Å². The molecule has 0 saturated heterocycles. The van der Waals surface area contributed by atoms with Crippen LogP contribution < -0.4 is 10.0 Å². The lowest BCUT2D eigenvalue weighted by Gasteiger charge is -2.10. The normalized spacial score (nSPS) is 11.4. The summed E-state index contributed by atoms with van der Waals surface area (Å²) in [6.07, 6.45) is 0. The lowest BCUT2D eigenvalue weighted by Crippen LogP contribution is -2.14. The highest BCUT2D eigenvalue weighted by Gasteiger charge is 2.17. The van der Waals surface area contributed by atoms with E-state index in [0.29, 0.717) is 16.3 Å². The van der Waals surface area contributed by atoms with Gasteiger partial charge in [0, 0.05) is 16.1 Å². The van der Waals surface area contributed by atoms with Crippen molar-refractivity contribution >= 4 is 61.5 Å². The van der Waals surface area contributed by atoms with E-state index in [2.05, 4.69) is 10.0 Å². The molecule has 0 bridgehead atoms. The topological polar surface area (TPSA) is 88.4 Å². The molecule has 4 rings (SSSR count). The van der Waals surface area contributed by atoms with Gasteiger partial charge in [0.2, 0.25) is 0 Å². The first-order chi connectivity index (χ1) is 14.3. The van der Waals surface area contributed by atoms with Crippen LogP contribution in [0.15, 0.2) is 82.1 Å². The predicted octanol–water partition coefficient (Wildman–Crippen LogP) is 5.79. The van der Waals surface area contributed by atoms with Gasteiger partial charge in [0.05, 0.1) is 15.6 Å². The first-order valence-electron chi connectivity index (χ1n) is 8.70. The minimum absolute atomic E-state index is 0.00949. The van der Waals surface area contributed by atoms with Crippen molar-refractivity contribution in [2.75, 3.05) is 10.0 Å². The molecule has 3 aromatic carbocycles. The van der Waals surface area contributed by atoms with Crippen LogP contribution in [0, 0.1) is 0 Å². The number of hydrogen-bond donors (Lipinski definition) is 2. The quantitative estimate of drug-likeness (QED) is 0.394. The lowest BCUT2D eigenvalue weighted by molar-refractivity contribution is 0.0998. The molecule has 1 amide bonds. The predicted molar refractivity (Wildman–Crippen MR) is 118 cm³/mol. The van der Waals surface area contributed by atoms with Gasteiger partial charge in [-0.2, -0.15) is 0 Å². The Labute approximate surface area is 182 Å². The number of hydrogen-bond acceptors (Lipinski definition) is 4. The summed E-state index contributed by atoms with van der Waals surface area (Å²) in [5, 5.41) is 4.07. The smallest absolute Gasteiger partial charge is 0.291 e. The molecule has 0 aliphatic carbocycles. The minimum atomic E-state index is -3.87. The molecular formula is C21H14Cl2N2O4S. The third kappa shape index (κ3) is 4.28. The number of benzene rings is 3. The molecular weight excluding hydrogens is 447 g/mol. The second-order valence-corrected chi connectivity index (χ2v) is 8.88. The lowest BCUT2D eigenvalue weighted by atomic mass is 10.2. The summed E-state index contributed by atoms with van der Waals surface area (Å²) >= 11 is 11.9. The molecule has 9 heteroatoms. The van der Waals surface area contributed by atoms with Crippen molar-refractivity contribution in [3.8, 4) is 0 Å². The Morgan fingerprint density at radius 3 is 2.33 bits per heavy atom. The summed E-state index contributed by atoms with van der Waals surface area (Å²) < 4.78 is 33.1. The molecule has 4 aromatic rings. The van der Waals surface area contributed by atoms with Gasteiger partial charge in [-0.3, -0.25) is 9.52 Å². The van der Waals surface area contributed by atoms with Crippen molar-refractivity contribution < 1.29 is 17.6 Å².